The summed E-state index contributed by atoms with van der Waals surface area (Å²) in [4.78, 5) is 27.3. The summed E-state index contributed by atoms with van der Waals surface area (Å²) in [5.74, 6) is 0.254. The molecule has 0 fully saturated rings. The van der Waals surface area contributed by atoms with E-state index >= 15 is 0 Å². The van der Waals surface area contributed by atoms with Crippen LogP contribution in [0.5, 0.6) is 0 Å². The zero-order chi connectivity index (χ0) is 22.0. The Balaban J connectivity index is 1.47. The second-order valence-electron chi connectivity index (χ2n) is 6.41. The Morgan fingerprint density at radius 2 is 1.81 bits per heavy atom. The summed E-state index contributed by atoms with van der Waals surface area (Å²) in [6.07, 6.45) is 0. The van der Waals surface area contributed by atoms with E-state index in [2.05, 4.69) is 10.3 Å². The largest absolute Gasteiger partial charge is 0.322 e. The lowest BCUT2D eigenvalue weighted by atomic mass is 10.2. The van der Waals surface area contributed by atoms with Crippen LogP contribution in [0.2, 0.25) is 10.0 Å². The summed E-state index contributed by atoms with van der Waals surface area (Å²) < 4.78 is 1.79. The Bertz CT molecular complexity index is 1270. The fourth-order valence-electron chi connectivity index (χ4n) is 2.78. The molecule has 156 valence electrons. The molecule has 0 aliphatic heterocycles. The van der Waals surface area contributed by atoms with Gasteiger partial charge in [0, 0.05) is 39.2 Å². The van der Waals surface area contributed by atoms with Crippen LogP contribution in [0.15, 0.2) is 65.0 Å². The molecule has 4 rings (SSSR count). The molecular weight excluding hydrogens is 477 g/mol. The smallest absolute Gasteiger partial charge is 0.269 e. The van der Waals surface area contributed by atoms with E-state index in [-0.39, 0.29) is 11.6 Å². The molecule has 0 aliphatic rings. The van der Waals surface area contributed by atoms with Crippen LogP contribution in [0.4, 0.5) is 11.4 Å². The summed E-state index contributed by atoms with van der Waals surface area (Å²) in [7, 11) is 0. The van der Waals surface area contributed by atoms with Crippen LogP contribution in [-0.4, -0.2) is 15.8 Å². The first-order chi connectivity index (χ1) is 14.9. The molecule has 4 aromatic rings. The number of fused-ring (bicyclic) bond motifs is 1. The number of nitrogens with zero attached hydrogens (tertiary/aromatic N) is 2. The van der Waals surface area contributed by atoms with Crippen LogP contribution >= 0.6 is 46.3 Å². The highest BCUT2D eigenvalue weighted by Crippen LogP contribution is 2.36. The molecule has 0 saturated heterocycles. The van der Waals surface area contributed by atoms with Crippen LogP contribution in [0.25, 0.3) is 10.2 Å². The number of aromatic nitrogens is 1. The van der Waals surface area contributed by atoms with Crippen molar-refractivity contribution in [3.63, 3.8) is 0 Å². The monoisotopic (exact) mass is 489 g/mol. The van der Waals surface area contributed by atoms with Crippen LogP contribution < -0.4 is 5.32 Å². The minimum atomic E-state index is -0.505. The van der Waals surface area contributed by atoms with Crippen LogP contribution in [0.1, 0.15) is 15.9 Å². The van der Waals surface area contributed by atoms with Crippen molar-refractivity contribution in [2.75, 3.05) is 5.32 Å². The van der Waals surface area contributed by atoms with Gasteiger partial charge < -0.3 is 5.32 Å². The number of rotatable bonds is 6. The first-order valence-electron chi connectivity index (χ1n) is 8.93. The predicted octanol–water partition coefficient (Wildman–Crippen LogP) is 7.06. The molecule has 1 amide bonds. The van der Waals surface area contributed by atoms with Gasteiger partial charge in [0.05, 0.1) is 15.1 Å². The zero-order valence-electron chi connectivity index (χ0n) is 15.7. The standard InChI is InChI=1S/C21H13Cl2N3O3S2/c22-16-2-1-3-17(23)15(16)11-30-21-25-18-9-6-13(10-19(18)31-21)24-20(27)12-4-7-14(8-5-12)26(28)29/h1-10H,11H2,(H,24,27). The molecule has 0 atom stereocenters. The van der Waals surface area contributed by atoms with Gasteiger partial charge in [0.2, 0.25) is 0 Å². The number of anilines is 1. The van der Waals surface area contributed by atoms with E-state index in [1.165, 1.54) is 35.6 Å². The second kappa shape index (κ2) is 9.23. The van der Waals surface area contributed by atoms with Gasteiger partial charge in [-0.25, -0.2) is 4.98 Å². The highest BCUT2D eigenvalue weighted by molar-refractivity contribution is 8.00. The van der Waals surface area contributed by atoms with Gasteiger partial charge in [0.1, 0.15) is 0 Å². The number of amides is 1. The first kappa shape index (κ1) is 21.6. The Morgan fingerprint density at radius 3 is 2.48 bits per heavy atom. The van der Waals surface area contributed by atoms with Crippen LogP contribution in [-0.2, 0) is 5.75 Å². The molecule has 1 heterocycles. The highest BCUT2D eigenvalue weighted by atomic mass is 35.5. The first-order valence-corrected chi connectivity index (χ1v) is 11.5. The molecule has 3 aromatic carbocycles. The lowest BCUT2D eigenvalue weighted by Gasteiger charge is -2.05. The molecule has 0 bridgehead atoms. The van der Waals surface area contributed by atoms with E-state index in [0.29, 0.717) is 27.0 Å². The Morgan fingerprint density at radius 1 is 1.10 bits per heavy atom. The van der Waals surface area contributed by atoms with Gasteiger partial charge in [0.25, 0.3) is 11.6 Å². The summed E-state index contributed by atoms with van der Waals surface area (Å²) in [6.45, 7) is 0. The van der Waals surface area contributed by atoms with Crippen LogP contribution in [0.3, 0.4) is 0 Å². The van der Waals surface area contributed by atoms with Crippen molar-refractivity contribution in [3.8, 4) is 0 Å². The van der Waals surface area contributed by atoms with E-state index in [1.807, 2.05) is 30.3 Å². The van der Waals surface area contributed by atoms with Crippen molar-refractivity contribution in [3.05, 3.63) is 92.0 Å². The van der Waals surface area contributed by atoms with Crippen molar-refractivity contribution in [2.24, 2.45) is 0 Å². The lowest BCUT2D eigenvalue weighted by molar-refractivity contribution is -0.384. The van der Waals surface area contributed by atoms with Gasteiger partial charge in [-0.05, 0) is 48.0 Å². The Kier molecular flexibility index (Phi) is 6.43. The number of benzene rings is 3. The van der Waals surface area contributed by atoms with Crippen molar-refractivity contribution < 1.29 is 9.72 Å². The third-order valence-corrected chi connectivity index (χ3v) is 7.26. The molecule has 0 unspecified atom stereocenters. The number of nitro benzene ring substituents is 1. The molecule has 31 heavy (non-hydrogen) atoms. The molecule has 0 saturated carbocycles. The van der Waals surface area contributed by atoms with Crippen molar-refractivity contribution in [1.29, 1.82) is 0 Å². The van der Waals surface area contributed by atoms with Gasteiger partial charge in [-0.3, -0.25) is 14.9 Å². The molecule has 1 N–H and O–H groups in total. The molecule has 1 aromatic heterocycles. The predicted molar refractivity (Wildman–Crippen MR) is 127 cm³/mol. The SMILES string of the molecule is O=C(Nc1ccc2nc(SCc3c(Cl)cccc3Cl)sc2c1)c1ccc([N+](=O)[O-])cc1. The van der Waals surface area contributed by atoms with Crippen molar-refractivity contribution >= 4 is 73.8 Å². The van der Waals surface area contributed by atoms with Gasteiger partial charge in [0.15, 0.2) is 4.34 Å². The third-order valence-electron chi connectivity index (χ3n) is 4.37. The van der Waals surface area contributed by atoms with Gasteiger partial charge in [-0.1, -0.05) is 41.0 Å². The van der Waals surface area contributed by atoms with E-state index in [9.17, 15) is 14.9 Å². The van der Waals surface area contributed by atoms with E-state index in [0.717, 1.165) is 20.1 Å². The quantitative estimate of drug-likeness (QED) is 0.178. The number of non-ortho nitro benzene ring substituents is 1. The minimum absolute atomic E-state index is 0.0641. The van der Waals surface area contributed by atoms with Gasteiger partial charge >= 0.3 is 0 Å². The van der Waals surface area contributed by atoms with Gasteiger partial charge in [-0.2, -0.15) is 0 Å². The molecule has 0 aliphatic carbocycles. The molecule has 0 spiro atoms. The van der Waals surface area contributed by atoms with Crippen molar-refractivity contribution in [2.45, 2.75) is 10.1 Å². The molecule has 10 heteroatoms. The maximum atomic E-state index is 12.4. The summed E-state index contributed by atoms with van der Waals surface area (Å²) in [5.41, 5.74) is 2.58. The number of hydrogen-bond acceptors (Lipinski definition) is 6. The van der Waals surface area contributed by atoms with Crippen LogP contribution in [0, 0.1) is 10.1 Å². The molecule has 0 radical (unpaired) electrons. The highest BCUT2D eigenvalue weighted by Gasteiger charge is 2.12. The maximum Gasteiger partial charge on any atom is 0.269 e. The number of thiazole rings is 1. The number of nitro groups is 1. The van der Waals surface area contributed by atoms with Crippen molar-refractivity contribution in [1.82, 2.24) is 4.98 Å². The topological polar surface area (TPSA) is 85.1 Å². The number of carbonyl (C=O) groups is 1. The second-order valence-corrected chi connectivity index (χ2v) is 9.48. The van der Waals surface area contributed by atoms with E-state index in [1.54, 1.807) is 17.8 Å². The average Bonchev–Trinajstić information content (AvgIpc) is 3.15. The summed E-state index contributed by atoms with van der Waals surface area (Å²) in [5, 5.41) is 14.8. The average molecular weight is 490 g/mol. The third kappa shape index (κ3) is 4.99. The molecule has 6 nitrogen and oxygen atoms in total. The van der Waals surface area contributed by atoms with E-state index < -0.39 is 4.92 Å². The number of thioether (sulfide) groups is 1. The summed E-state index contributed by atoms with van der Waals surface area (Å²) in [6, 6.07) is 16.3. The number of halogens is 2. The van der Waals surface area contributed by atoms with E-state index in [4.69, 9.17) is 23.2 Å². The Labute approximate surface area is 195 Å². The van der Waals surface area contributed by atoms with Gasteiger partial charge in [-0.15, -0.1) is 11.3 Å². The number of nitrogens with one attached hydrogen (secondary N) is 1. The normalized spacial score (nSPS) is 10.9. The zero-order valence-corrected chi connectivity index (χ0v) is 18.8. The number of carbonyl (C=O) groups excluding carboxylic acids is 1. The minimum Gasteiger partial charge on any atom is -0.322 e. The fourth-order valence-corrected chi connectivity index (χ4v) is 5.63. The number of hydrogen-bond donors (Lipinski definition) is 1. The lowest BCUT2D eigenvalue weighted by Crippen LogP contribution is -2.11. The Hall–Kier alpha value is -2.65. The molecular formula is C21H13Cl2N3O3S2. The fraction of sp³-hybridized carbons (Fsp3) is 0.0476. The maximum absolute atomic E-state index is 12.4. The summed E-state index contributed by atoms with van der Waals surface area (Å²) >= 11 is 15.5.